The fraction of sp³-hybridized carbons (Fsp3) is 0.294. The molecule has 6 nitrogen and oxygen atoms in total. The number of sulfonamides is 1. The van der Waals surface area contributed by atoms with Gasteiger partial charge in [0.15, 0.2) is 0 Å². The summed E-state index contributed by atoms with van der Waals surface area (Å²) < 4.78 is 27.7. The number of rotatable bonds is 4. The lowest BCUT2D eigenvalue weighted by Crippen LogP contribution is -2.33. The van der Waals surface area contributed by atoms with E-state index in [-0.39, 0.29) is 17.3 Å². The van der Waals surface area contributed by atoms with Gasteiger partial charge in [-0.25, -0.2) is 13.1 Å². The normalized spacial score (nSPS) is 16.3. The van der Waals surface area contributed by atoms with Crippen molar-refractivity contribution < 1.29 is 13.2 Å². The smallest absolute Gasteiger partial charge is 0.240 e. The third kappa shape index (κ3) is 2.70. The second-order valence-electron chi connectivity index (χ2n) is 6.35. The Morgan fingerprint density at radius 1 is 1.17 bits per heavy atom. The Bertz CT molecular complexity index is 893. The first-order valence-corrected chi connectivity index (χ1v) is 9.03. The minimum Gasteiger partial charge on any atom is -0.314 e. The number of anilines is 1. The minimum atomic E-state index is -3.67. The first kappa shape index (κ1) is 16.6. The predicted molar refractivity (Wildman–Crippen MR) is 91.1 cm³/mol. The van der Waals surface area contributed by atoms with Crippen molar-refractivity contribution in [3.8, 4) is 0 Å². The Kier molecular flexibility index (Phi) is 3.93. The van der Waals surface area contributed by atoms with Gasteiger partial charge >= 0.3 is 0 Å². The van der Waals surface area contributed by atoms with Gasteiger partial charge in [-0.3, -0.25) is 9.78 Å². The number of benzene rings is 1. The van der Waals surface area contributed by atoms with Gasteiger partial charge < -0.3 is 4.90 Å². The van der Waals surface area contributed by atoms with Crippen LogP contribution in [0.5, 0.6) is 0 Å². The quantitative estimate of drug-likeness (QED) is 0.917. The van der Waals surface area contributed by atoms with Gasteiger partial charge in [0.1, 0.15) is 0 Å². The summed E-state index contributed by atoms with van der Waals surface area (Å²) in [7, 11) is -1.97. The number of hydrogen-bond donors (Lipinski definition) is 1. The lowest BCUT2D eigenvalue weighted by atomic mass is 9.86. The van der Waals surface area contributed by atoms with E-state index in [9.17, 15) is 13.2 Å². The van der Waals surface area contributed by atoms with Gasteiger partial charge in [0.2, 0.25) is 15.9 Å². The van der Waals surface area contributed by atoms with E-state index >= 15 is 0 Å². The molecular formula is C17H19N3O3S. The summed E-state index contributed by atoms with van der Waals surface area (Å²) in [5.74, 6) is -0.0446. The van der Waals surface area contributed by atoms with Crippen LogP contribution < -0.4 is 9.62 Å². The number of pyridine rings is 1. The zero-order valence-corrected chi connectivity index (χ0v) is 14.6. The number of likely N-dealkylation sites (N-methyl/N-ethyl adjacent to an activating group) is 1. The number of amides is 1. The maximum atomic E-state index is 12.6. The molecule has 0 radical (unpaired) electrons. The molecule has 2 aromatic rings. The number of carbonyl (C=O) groups excluding carboxylic acids is 1. The molecule has 0 saturated heterocycles. The number of hydrogen-bond acceptors (Lipinski definition) is 4. The van der Waals surface area contributed by atoms with Crippen molar-refractivity contribution in [1.29, 1.82) is 0 Å². The second kappa shape index (κ2) is 5.68. The molecular weight excluding hydrogens is 326 g/mol. The van der Waals surface area contributed by atoms with Crippen LogP contribution in [0.15, 0.2) is 47.6 Å². The summed E-state index contributed by atoms with van der Waals surface area (Å²) >= 11 is 0. The Morgan fingerprint density at radius 2 is 1.83 bits per heavy atom. The van der Waals surface area contributed by atoms with Crippen LogP contribution in [-0.2, 0) is 26.8 Å². The monoisotopic (exact) mass is 345 g/mol. The average Bonchev–Trinajstić information content (AvgIpc) is 2.75. The molecule has 0 bridgehead atoms. The van der Waals surface area contributed by atoms with Crippen molar-refractivity contribution in [3.63, 3.8) is 0 Å². The largest absolute Gasteiger partial charge is 0.314 e. The van der Waals surface area contributed by atoms with E-state index in [2.05, 4.69) is 9.71 Å². The molecule has 0 unspecified atom stereocenters. The van der Waals surface area contributed by atoms with E-state index in [0.29, 0.717) is 0 Å². The van der Waals surface area contributed by atoms with Crippen molar-refractivity contribution in [1.82, 2.24) is 9.71 Å². The van der Waals surface area contributed by atoms with E-state index < -0.39 is 15.4 Å². The highest BCUT2D eigenvalue weighted by molar-refractivity contribution is 7.89. The molecule has 0 aliphatic carbocycles. The van der Waals surface area contributed by atoms with Crippen molar-refractivity contribution in [2.75, 3.05) is 11.9 Å². The summed E-state index contributed by atoms with van der Waals surface area (Å²) in [5, 5.41) is 0. The Morgan fingerprint density at radius 3 is 2.50 bits per heavy atom. The molecule has 24 heavy (non-hydrogen) atoms. The zero-order valence-electron chi connectivity index (χ0n) is 13.8. The standard InChI is InChI=1S/C17H19N3O3S/c1-17(2)14-10-13(4-5-15(14)20(3)16(17)21)24(22,23)19-11-12-6-8-18-9-7-12/h4-10,19H,11H2,1-3H3. The van der Waals surface area contributed by atoms with Crippen molar-refractivity contribution in [2.24, 2.45) is 0 Å². The van der Waals surface area contributed by atoms with Crippen LogP contribution in [0.3, 0.4) is 0 Å². The second-order valence-corrected chi connectivity index (χ2v) is 8.12. The van der Waals surface area contributed by atoms with Gasteiger partial charge in [0.25, 0.3) is 0 Å². The van der Waals surface area contributed by atoms with Crippen LogP contribution in [0.1, 0.15) is 25.0 Å². The number of carbonyl (C=O) groups is 1. The van der Waals surface area contributed by atoms with Crippen LogP contribution in [-0.4, -0.2) is 26.4 Å². The molecule has 3 rings (SSSR count). The van der Waals surface area contributed by atoms with Crippen LogP contribution in [0.4, 0.5) is 5.69 Å². The summed E-state index contributed by atoms with van der Waals surface area (Å²) in [6.45, 7) is 3.79. The predicted octanol–water partition coefficient (Wildman–Crippen LogP) is 1.81. The Balaban J connectivity index is 1.91. The van der Waals surface area contributed by atoms with Crippen LogP contribution in [0.2, 0.25) is 0 Å². The SMILES string of the molecule is CN1C(=O)C(C)(C)c2cc(S(=O)(=O)NCc3ccncc3)ccc21. The summed E-state index contributed by atoms with van der Waals surface area (Å²) in [4.78, 5) is 17.9. The van der Waals surface area contributed by atoms with E-state index in [4.69, 9.17) is 0 Å². The van der Waals surface area contributed by atoms with Crippen LogP contribution in [0, 0.1) is 0 Å². The van der Waals surface area contributed by atoms with E-state index in [1.165, 1.54) is 6.07 Å². The number of nitrogens with one attached hydrogen (secondary N) is 1. The molecule has 2 heterocycles. The topological polar surface area (TPSA) is 79.4 Å². The van der Waals surface area contributed by atoms with E-state index in [0.717, 1.165) is 16.8 Å². The van der Waals surface area contributed by atoms with Crippen molar-refractivity contribution in [2.45, 2.75) is 30.7 Å². The van der Waals surface area contributed by atoms with Gasteiger partial charge in [-0.05, 0) is 55.3 Å². The van der Waals surface area contributed by atoms with Gasteiger partial charge in [-0.2, -0.15) is 0 Å². The molecule has 1 aliphatic heterocycles. The Labute approximate surface area is 141 Å². The first-order chi connectivity index (χ1) is 11.2. The number of nitrogens with zero attached hydrogens (tertiary/aromatic N) is 2. The Hall–Kier alpha value is -2.25. The third-order valence-corrected chi connectivity index (χ3v) is 5.77. The van der Waals surface area contributed by atoms with Crippen LogP contribution in [0.25, 0.3) is 0 Å². The lowest BCUT2D eigenvalue weighted by Gasteiger charge is -2.16. The fourth-order valence-corrected chi connectivity index (χ4v) is 3.93. The molecule has 1 aromatic heterocycles. The van der Waals surface area contributed by atoms with E-state index in [1.54, 1.807) is 62.5 Å². The zero-order chi connectivity index (χ0) is 17.5. The van der Waals surface area contributed by atoms with Crippen LogP contribution >= 0.6 is 0 Å². The van der Waals surface area contributed by atoms with E-state index in [1.807, 2.05) is 0 Å². The molecule has 0 saturated carbocycles. The highest BCUT2D eigenvalue weighted by atomic mass is 32.2. The average molecular weight is 345 g/mol. The van der Waals surface area contributed by atoms with Gasteiger partial charge in [0, 0.05) is 31.7 Å². The number of aromatic nitrogens is 1. The molecule has 126 valence electrons. The summed E-state index contributed by atoms with van der Waals surface area (Å²) in [5.41, 5.74) is 1.56. The van der Waals surface area contributed by atoms with Crippen molar-refractivity contribution >= 4 is 21.6 Å². The summed E-state index contributed by atoms with van der Waals surface area (Å²) in [6, 6.07) is 8.30. The molecule has 0 fully saturated rings. The highest BCUT2D eigenvalue weighted by Gasteiger charge is 2.42. The third-order valence-electron chi connectivity index (χ3n) is 4.37. The maximum Gasteiger partial charge on any atom is 0.240 e. The molecule has 7 heteroatoms. The fourth-order valence-electron chi connectivity index (χ4n) is 2.88. The van der Waals surface area contributed by atoms with Gasteiger partial charge in [-0.1, -0.05) is 0 Å². The molecule has 0 spiro atoms. The molecule has 0 atom stereocenters. The molecule has 1 aliphatic rings. The summed E-state index contributed by atoms with van der Waals surface area (Å²) in [6.07, 6.45) is 3.23. The van der Waals surface area contributed by atoms with Gasteiger partial charge in [-0.15, -0.1) is 0 Å². The van der Waals surface area contributed by atoms with Gasteiger partial charge in [0.05, 0.1) is 10.3 Å². The first-order valence-electron chi connectivity index (χ1n) is 7.55. The van der Waals surface area contributed by atoms with Crippen molar-refractivity contribution in [3.05, 3.63) is 53.9 Å². The highest BCUT2D eigenvalue weighted by Crippen LogP contribution is 2.41. The molecule has 1 amide bonds. The minimum absolute atomic E-state index is 0.0446. The molecule has 1 aromatic carbocycles. The maximum absolute atomic E-state index is 12.6. The molecule has 1 N–H and O–H groups in total. The number of fused-ring (bicyclic) bond motifs is 1. The lowest BCUT2D eigenvalue weighted by molar-refractivity contribution is -0.121.